The summed E-state index contributed by atoms with van der Waals surface area (Å²) in [6.07, 6.45) is 7.44. The number of rotatable bonds is 6. The first-order valence-corrected chi connectivity index (χ1v) is 12.1. The Bertz CT molecular complexity index is 1260. The number of sulfone groups is 1. The first kappa shape index (κ1) is 21.2. The second-order valence-corrected chi connectivity index (χ2v) is 9.83. The lowest BCUT2D eigenvalue weighted by Gasteiger charge is -2.04. The topological polar surface area (TPSA) is 77.7 Å². The van der Waals surface area contributed by atoms with Crippen LogP contribution in [0.15, 0.2) is 57.2 Å². The van der Waals surface area contributed by atoms with E-state index in [1.165, 1.54) is 42.7 Å². The fourth-order valence-electron chi connectivity index (χ4n) is 2.68. The van der Waals surface area contributed by atoms with Gasteiger partial charge in [0.1, 0.15) is 11.5 Å². The molecule has 150 valence electrons. The van der Waals surface area contributed by atoms with Gasteiger partial charge < -0.3 is 9.30 Å². The number of methoxy groups -OCH3 is 1. The predicted octanol–water partition coefficient (Wildman–Crippen LogP) is 2.97. The van der Waals surface area contributed by atoms with Crippen molar-refractivity contribution >= 4 is 49.1 Å². The van der Waals surface area contributed by atoms with E-state index in [1.807, 2.05) is 24.5 Å². The molecular weight excluding hydrogens is 428 g/mol. The molecule has 0 saturated heterocycles. The summed E-state index contributed by atoms with van der Waals surface area (Å²) in [4.78, 5) is 18.0. The number of nitrogens with zero attached hydrogens (tertiary/aromatic N) is 2. The predicted molar refractivity (Wildman–Crippen MR) is 116 cm³/mol. The molecule has 0 aliphatic carbocycles. The summed E-state index contributed by atoms with van der Waals surface area (Å²) in [5.41, 5.74) is 0.857. The standard InChI is InChI=1S/C20H18N2O4S3/c1-4-11-22-17-10-7-15(27-3)12-18(17)28-20(22)21-19(23)13-29(24,25)16-8-5-14(26-2)6-9-16/h1,5-10,12H,11,13H2,2-3H3. The van der Waals surface area contributed by atoms with E-state index >= 15 is 0 Å². The van der Waals surface area contributed by atoms with Crippen molar-refractivity contribution in [2.75, 3.05) is 19.1 Å². The molecule has 1 aromatic heterocycles. The van der Waals surface area contributed by atoms with Crippen molar-refractivity contribution < 1.29 is 17.9 Å². The maximum Gasteiger partial charge on any atom is 0.263 e. The lowest BCUT2D eigenvalue weighted by molar-refractivity contribution is -0.115. The van der Waals surface area contributed by atoms with Crippen molar-refractivity contribution in [3.05, 3.63) is 47.3 Å². The number of thioether (sulfide) groups is 1. The highest BCUT2D eigenvalue weighted by Crippen LogP contribution is 2.24. The number of ether oxygens (including phenoxy) is 1. The van der Waals surface area contributed by atoms with Gasteiger partial charge in [0.15, 0.2) is 14.6 Å². The normalized spacial score (nSPS) is 12.1. The third kappa shape index (κ3) is 4.72. The monoisotopic (exact) mass is 446 g/mol. The van der Waals surface area contributed by atoms with Gasteiger partial charge in [0, 0.05) is 4.90 Å². The minimum absolute atomic E-state index is 0.0410. The van der Waals surface area contributed by atoms with E-state index in [2.05, 4.69) is 10.9 Å². The van der Waals surface area contributed by atoms with Crippen LogP contribution in [0.4, 0.5) is 0 Å². The minimum Gasteiger partial charge on any atom is -0.497 e. The second-order valence-electron chi connectivity index (χ2n) is 5.95. The molecule has 0 fully saturated rings. The number of carbonyl (C=O) groups excluding carboxylic acids is 1. The molecule has 9 heteroatoms. The summed E-state index contributed by atoms with van der Waals surface area (Å²) in [5, 5.41) is 0. The summed E-state index contributed by atoms with van der Waals surface area (Å²) in [6.45, 7) is 0.232. The van der Waals surface area contributed by atoms with Crippen LogP contribution >= 0.6 is 23.1 Å². The summed E-state index contributed by atoms with van der Waals surface area (Å²) in [6, 6.07) is 11.8. The van der Waals surface area contributed by atoms with E-state index in [-0.39, 0.29) is 11.4 Å². The number of hydrogen-bond donors (Lipinski definition) is 0. The zero-order valence-corrected chi connectivity index (χ0v) is 18.2. The fourth-order valence-corrected chi connectivity index (χ4v) is 5.39. The first-order valence-electron chi connectivity index (χ1n) is 8.43. The van der Waals surface area contributed by atoms with Crippen LogP contribution in [0, 0.1) is 12.3 Å². The molecule has 0 aliphatic rings. The lowest BCUT2D eigenvalue weighted by Crippen LogP contribution is -2.20. The van der Waals surface area contributed by atoms with Crippen LogP contribution in [0.25, 0.3) is 10.2 Å². The van der Waals surface area contributed by atoms with Crippen LogP contribution in [0.2, 0.25) is 0 Å². The molecule has 1 amide bonds. The van der Waals surface area contributed by atoms with E-state index in [4.69, 9.17) is 11.2 Å². The average Bonchev–Trinajstić information content (AvgIpc) is 3.03. The van der Waals surface area contributed by atoms with Crippen LogP contribution in [-0.2, 0) is 21.2 Å². The van der Waals surface area contributed by atoms with Gasteiger partial charge in [-0.2, -0.15) is 4.99 Å². The third-order valence-corrected chi connectivity index (χ3v) is 7.48. The Labute approximate surface area is 177 Å². The Morgan fingerprint density at radius 2 is 2.00 bits per heavy atom. The number of benzene rings is 2. The van der Waals surface area contributed by atoms with Crippen molar-refractivity contribution in [1.82, 2.24) is 4.57 Å². The van der Waals surface area contributed by atoms with Crippen molar-refractivity contribution in [2.24, 2.45) is 4.99 Å². The molecule has 0 N–H and O–H groups in total. The molecule has 0 bridgehead atoms. The molecular formula is C20H18N2O4S3. The van der Waals surface area contributed by atoms with E-state index in [0.29, 0.717) is 10.6 Å². The number of amides is 1. The Hall–Kier alpha value is -2.54. The van der Waals surface area contributed by atoms with Gasteiger partial charge in [-0.1, -0.05) is 17.3 Å². The molecule has 3 aromatic rings. The number of fused-ring (bicyclic) bond motifs is 1. The highest BCUT2D eigenvalue weighted by atomic mass is 32.2. The smallest absolute Gasteiger partial charge is 0.263 e. The van der Waals surface area contributed by atoms with Gasteiger partial charge in [0.05, 0.1) is 28.8 Å². The zero-order chi connectivity index (χ0) is 21.0. The summed E-state index contributed by atoms with van der Waals surface area (Å²) >= 11 is 2.91. The number of aromatic nitrogens is 1. The van der Waals surface area contributed by atoms with Crippen molar-refractivity contribution in [3.8, 4) is 18.1 Å². The first-order chi connectivity index (χ1) is 13.9. The molecule has 0 unspecified atom stereocenters. The fraction of sp³-hybridized carbons (Fsp3) is 0.200. The number of terminal acetylenes is 1. The van der Waals surface area contributed by atoms with Gasteiger partial charge >= 0.3 is 0 Å². The highest BCUT2D eigenvalue weighted by Gasteiger charge is 2.19. The van der Waals surface area contributed by atoms with Gasteiger partial charge in [0.25, 0.3) is 5.91 Å². The number of thiazole rings is 1. The van der Waals surface area contributed by atoms with Crippen LogP contribution in [0.1, 0.15) is 0 Å². The molecule has 1 heterocycles. The summed E-state index contributed by atoms with van der Waals surface area (Å²) in [5.74, 6) is 1.62. The maximum absolute atomic E-state index is 12.5. The average molecular weight is 447 g/mol. The molecule has 0 aliphatic heterocycles. The Morgan fingerprint density at radius 1 is 1.28 bits per heavy atom. The van der Waals surface area contributed by atoms with Crippen LogP contribution < -0.4 is 9.54 Å². The van der Waals surface area contributed by atoms with Gasteiger partial charge in [-0.15, -0.1) is 18.2 Å². The second kappa shape index (κ2) is 8.86. The summed E-state index contributed by atoms with van der Waals surface area (Å²) < 4.78 is 32.8. The molecule has 6 nitrogen and oxygen atoms in total. The van der Waals surface area contributed by atoms with E-state index in [9.17, 15) is 13.2 Å². The quantitative estimate of drug-likeness (QED) is 0.430. The molecule has 3 rings (SSSR count). The molecule has 2 aromatic carbocycles. The van der Waals surface area contributed by atoms with Crippen molar-refractivity contribution in [3.63, 3.8) is 0 Å². The highest BCUT2D eigenvalue weighted by molar-refractivity contribution is 7.98. The van der Waals surface area contributed by atoms with Crippen LogP contribution in [0.5, 0.6) is 5.75 Å². The Kier molecular flexibility index (Phi) is 6.47. The largest absolute Gasteiger partial charge is 0.497 e. The molecule has 0 atom stereocenters. The molecule has 29 heavy (non-hydrogen) atoms. The number of carbonyl (C=O) groups is 1. The molecule has 0 saturated carbocycles. The van der Waals surface area contributed by atoms with E-state index in [0.717, 1.165) is 15.1 Å². The van der Waals surface area contributed by atoms with Crippen LogP contribution in [0.3, 0.4) is 0 Å². The molecule has 0 spiro atoms. The minimum atomic E-state index is -3.82. The van der Waals surface area contributed by atoms with E-state index < -0.39 is 21.5 Å². The molecule has 0 radical (unpaired) electrons. The van der Waals surface area contributed by atoms with Crippen molar-refractivity contribution in [1.29, 1.82) is 0 Å². The van der Waals surface area contributed by atoms with Gasteiger partial charge in [-0.25, -0.2) is 8.42 Å². The van der Waals surface area contributed by atoms with Gasteiger partial charge in [-0.05, 0) is 48.7 Å². The summed E-state index contributed by atoms with van der Waals surface area (Å²) in [7, 11) is -2.33. The SMILES string of the molecule is C#CCn1c(=NC(=O)CS(=O)(=O)c2ccc(OC)cc2)sc2cc(SC)ccc21. The number of hydrogen-bond acceptors (Lipinski definition) is 6. The van der Waals surface area contributed by atoms with Gasteiger partial charge in [-0.3, -0.25) is 4.79 Å². The Balaban J connectivity index is 1.96. The van der Waals surface area contributed by atoms with Gasteiger partial charge in [0.2, 0.25) is 0 Å². The lowest BCUT2D eigenvalue weighted by atomic mass is 10.3. The Morgan fingerprint density at radius 3 is 2.62 bits per heavy atom. The van der Waals surface area contributed by atoms with Crippen LogP contribution in [-0.4, -0.2) is 38.0 Å². The van der Waals surface area contributed by atoms with Crippen molar-refractivity contribution in [2.45, 2.75) is 16.3 Å². The maximum atomic E-state index is 12.5. The zero-order valence-electron chi connectivity index (χ0n) is 15.8. The third-order valence-electron chi connectivity index (χ3n) is 4.09. The van der Waals surface area contributed by atoms with E-state index in [1.54, 1.807) is 16.3 Å².